The van der Waals surface area contributed by atoms with E-state index in [4.69, 9.17) is 15.9 Å². The van der Waals surface area contributed by atoms with E-state index in [0.29, 0.717) is 0 Å². The van der Waals surface area contributed by atoms with Crippen LogP contribution in [-0.2, 0) is 24.0 Å². The van der Waals surface area contributed by atoms with E-state index in [1.54, 1.807) is 0 Å². The molecule has 0 aromatic rings. The summed E-state index contributed by atoms with van der Waals surface area (Å²) in [5, 5.41) is 24.0. The Bertz CT molecular complexity index is 520. The molecule has 0 bridgehead atoms. The van der Waals surface area contributed by atoms with Crippen LogP contribution in [-0.4, -0.2) is 64.0 Å². The lowest BCUT2D eigenvalue weighted by molar-refractivity contribution is -0.142. The highest BCUT2D eigenvalue weighted by Gasteiger charge is 2.28. The number of carbonyl (C=O) groups is 5. The molecule has 11 nitrogen and oxygen atoms in total. The maximum Gasteiger partial charge on any atom is 0.325 e. The number of aliphatic carboxylic acids is 2. The van der Waals surface area contributed by atoms with E-state index in [2.05, 4.69) is 16.0 Å². The molecule has 0 radical (unpaired) electrons. The molecular weight excluding hydrogens is 324 g/mol. The average Bonchev–Trinajstić information content (AvgIpc) is 2.45. The number of nitrogens with two attached hydrogens (primary N) is 1. The van der Waals surface area contributed by atoms with Gasteiger partial charge in [-0.25, -0.2) is 0 Å². The average molecular weight is 346 g/mol. The van der Waals surface area contributed by atoms with Crippen LogP contribution in [0.3, 0.4) is 0 Å². The van der Waals surface area contributed by atoms with Gasteiger partial charge in [0.05, 0.1) is 12.5 Å². The third kappa shape index (κ3) is 7.54. The van der Waals surface area contributed by atoms with Crippen molar-refractivity contribution in [2.45, 2.75) is 51.4 Å². The lowest BCUT2D eigenvalue weighted by Crippen LogP contribution is -2.56. The third-order valence-corrected chi connectivity index (χ3v) is 2.91. The first-order chi connectivity index (χ1) is 11.0. The molecule has 4 unspecified atom stereocenters. The number of hydrogen-bond donors (Lipinski definition) is 6. The lowest BCUT2D eigenvalue weighted by atomic mass is 10.1. The molecule has 0 saturated heterocycles. The zero-order valence-electron chi connectivity index (χ0n) is 13.5. The molecule has 4 atom stereocenters. The van der Waals surface area contributed by atoms with Gasteiger partial charge in [0.1, 0.15) is 18.1 Å². The Morgan fingerprint density at radius 3 is 1.75 bits per heavy atom. The summed E-state index contributed by atoms with van der Waals surface area (Å²) in [7, 11) is 0. The zero-order chi connectivity index (χ0) is 19.0. The van der Waals surface area contributed by atoms with Crippen molar-refractivity contribution in [1.29, 1.82) is 0 Å². The van der Waals surface area contributed by atoms with Gasteiger partial charge in [-0.15, -0.1) is 0 Å². The number of nitrogens with one attached hydrogen (secondary N) is 3. The zero-order valence-corrected chi connectivity index (χ0v) is 13.5. The Labute approximate surface area is 138 Å². The van der Waals surface area contributed by atoms with Crippen molar-refractivity contribution in [3.05, 3.63) is 0 Å². The van der Waals surface area contributed by atoms with Crippen LogP contribution >= 0.6 is 0 Å². The van der Waals surface area contributed by atoms with Crippen molar-refractivity contribution in [3.63, 3.8) is 0 Å². The van der Waals surface area contributed by atoms with E-state index in [0.717, 1.165) is 0 Å². The minimum atomic E-state index is -1.42. The molecule has 0 rings (SSSR count). The summed E-state index contributed by atoms with van der Waals surface area (Å²) in [6, 6.07) is -4.67. The van der Waals surface area contributed by atoms with Crippen LogP contribution in [0.25, 0.3) is 0 Å². The van der Waals surface area contributed by atoms with E-state index in [9.17, 15) is 24.0 Å². The van der Waals surface area contributed by atoms with Gasteiger partial charge in [-0.1, -0.05) is 0 Å². The molecule has 0 saturated carbocycles. The molecular formula is C13H22N4O7. The van der Waals surface area contributed by atoms with Crippen molar-refractivity contribution >= 4 is 29.7 Å². The molecule has 0 aliphatic rings. The molecule has 0 aliphatic carbocycles. The summed E-state index contributed by atoms with van der Waals surface area (Å²) >= 11 is 0. The molecule has 11 heteroatoms. The Morgan fingerprint density at radius 2 is 1.33 bits per heavy atom. The van der Waals surface area contributed by atoms with Gasteiger partial charge in [0.25, 0.3) is 0 Å². The first kappa shape index (κ1) is 21.3. The van der Waals surface area contributed by atoms with Crippen LogP contribution in [0.15, 0.2) is 0 Å². The van der Waals surface area contributed by atoms with E-state index in [1.807, 2.05) is 0 Å². The highest BCUT2D eigenvalue weighted by Crippen LogP contribution is 1.97. The van der Waals surface area contributed by atoms with Gasteiger partial charge in [-0.05, 0) is 20.8 Å². The Hall–Kier alpha value is -2.69. The third-order valence-electron chi connectivity index (χ3n) is 2.91. The van der Waals surface area contributed by atoms with Crippen LogP contribution in [0.1, 0.15) is 27.2 Å². The van der Waals surface area contributed by atoms with Gasteiger partial charge in [0.15, 0.2) is 0 Å². The molecule has 0 heterocycles. The van der Waals surface area contributed by atoms with E-state index >= 15 is 0 Å². The van der Waals surface area contributed by atoms with Gasteiger partial charge in [-0.3, -0.25) is 24.0 Å². The second-order valence-corrected chi connectivity index (χ2v) is 5.25. The standard InChI is InChI=1S/C13H22N4O7/c1-5(14)10(20)17-8(4-9(18)19)12(22)15-6(2)11(21)16-7(3)13(23)24/h5-8H,4,14H2,1-3H3,(H,15,22)(H,16,21)(H,17,20)(H,18,19)(H,23,24). The SMILES string of the molecule is CC(N)C(=O)NC(CC(=O)O)C(=O)NC(C)C(=O)NC(C)C(=O)O. The second-order valence-electron chi connectivity index (χ2n) is 5.25. The van der Waals surface area contributed by atoms with Crippen LogP contribution in [0, 0.1) is 0 Å². The van der Waals surface area contributed by atoms with Gasteiger partial charge < -0.3 is 31.9 Å². The van der Waals surface area contributed by atoms with Crippen LogP contribution in [0.2, 0.25) is 0 Å². The molecule has 0 aliphatic heterocycles. The van der Waals surface area contributed by atoms with E-state index in [1.165, 1.54) is 20.8 Å². The fourth-order valence-electron chi connectivity index (χ4n) is 1.47. The van der Waals surface area contributed by atoms with Crippen LogP contribution in [0.5, 0.6) is 0 Å². The summed E-state index contributed by atoms with van der Waals surface area (Å²) in [6.45, 7) is 3.88. The number of rotatable bonds is 9. The molecule has 0 aromatic heterocycles. The Kier molecular flexibility index (Phi) is 8.39. The predicted octanol–water partition coefficient (Wildman–Crippen LogP) is -2.61. The molecule has 0 aromatic carbocycles. The summed E-state index contributed by atoms with van der Waals surface area (Å²) in [6.07, 6.45) is -0.704. The fourth-order valence-corrected chi connectivity index (χ4v) is 1.47. The van der Waals surface area contributed by atoms with Crippen LogP contribution < -0.4 is 21.7 Å². The van der Waals surface area contributed by atoms with Gasteiger partial charge in [-0.2, -0.15) is 0 Å². The highest BCUT2D eigenvalue weighted by molar-refractivity contribution is 5.95. The lowest BCUT2D eigenvalue weighted by Gasteiger charge is -2.21. The predicted molar refractivity (Wildman–Crippen MR) is 80.7 cm³/mol. The molecule has 0 spiro atoms. The monoisotopic (exact) mass is 346 g/mol. The van der Waals surface area contributed by atoms with Crippen molar-refractivity contribution in [1.82, 2.24) is 16.0 Å². The smallest absolute Gasteiger partial charge is 0.325 e. The first-order valence-electron chi connectivity index (χ1n) is 7.07. The van der Waals surface area contributed by atoms with Crippen molar-refractivity contribution < 1.29 is 34.2 Å². The Balaban J connectivity index is 4.85. The number of carboxylic acids is 2. The number of carbonyl (C=O) groups excluding carboxylic acids is 3. The largest absolute Gasteiger partial charge is 0.481 e. The summed E-state index contributed by atoms with van der Waals surface area (Å²) in [5.41, 5.74) is 5.34. The fraction of sp³-hybridized carbons (Fsp3) is 0.615. The molecule has 136 valence electrons. The normalized spacial score (nSPS) is 15.3. The maximum absolute atomic E-state index is 12.0. The molecule has 7 N–H and O–H groups in total. The van der Waals surface area contributed by atoms with Gasteiger partial charge in [0.2, 0.25) is 17.7 Å². The maximum atomic E-state index is 12.0. The molecule has 0 fully saturated rings. The van der Waals surface area contributed by atoms with Gasteiger partial charge >= 0.3 is 11.9 Å². The minimum absolute atomic E-state index is 0.704. The van der Waals surface area contributed by atoms with Crippen molar-refractivity contribution in [2.24, 2.45) is 5.73 Å². The summed E-state index contributed by atoms with van der Waals surface area (Å²) in [4.78, 5) is 56.8. The number of hydrogen-bond acceptors (Lipinski definition) is 6. The number of amides is 3. The van der Waals surface area contributed by atoms with E-state index in [-0.39, 0.29) is 0 Å². The highest BCUT2D eigenvalue weighted by atomic mass is 16.4. The van der Waals surface area contributed by atoms with Gasteiger partial charge in [0, 0.05) is 0 Å². The van der Waals surface area contributed by atoms with Crippen LogP contribution in [0.4, 0.5) is 0 Å². The number of carboxylic acid groups (broad SMARTS) is 2. The summed E-state index contributed by atoms with van der Waals surface area (Å²) in [5.74, 6) is -5.00. The van der Waals surface area contributed by atoms with Crippen molar-refractivity contribution in [2.75, 3.05) is 0 Å². The minimum Gasteiger partial charge on any atom is -0.481 e. The van der Waals surface area contributed by atoms with E-state index < -0.39 is 60.2 Å². The second kappa shape index (κ2) is 9.45. The first-order valence-corrected chi connectivity index (χ1v) is 7.07. The summed E-state index contributed by atoms with van der Waals surface area (Å²) < 4.78 is 0. The Morgan fingerprint density at radius 1 is 0.833 bits per heavy atom. The topological polar surface area (TPSA) is 188 Å². The quantitative estimate of drug-likeness (QED) is 0.262. The van der Waals surface area contributed by atoms with Crippen molar-refractivity contribution in [3.8, 4) is 0 Å². The molecule has 24 heavy (non-hydrogen) atoms. The molecule has 3 amide bonds.